The van der Waals surface area contributed by atoms with Gasteiger partial charge >= 0.3 is 7.60 Å². The van der Waals surface area contributed by atoms with Crippen LogP contribution in [0, 0.1) is 0 Å². The van der Waals surface area contributed by atoms with E-state index >= 15 is 0 Å². The Balaban J connectivity index is 3.01. The van der Waals surface area contributed by atoms with E-state index in [-0.39, 0.29) is 17.2 Å². The van der Waals surface area contributed by atoms with Crippen molar-refractivity contribution in [1.82, 2.24) is 0 Å². The topological polar surface area (TPSA) is 35.5 Å². The Bertz CT molecular complexity index is 460. The van der Waals surface area contributed by atoms with Gasteiger partial charge < -0.3 is 9.05 Å². The van der Waals surface area contributed by atoms with Crippen molar-refractivity contribution in [3.8, 4) is 0 Å². The van der Waals surface area contributed by atoms with Crippen LogP contribution in [0.1, 0.15) is 34.1 Å². The molecule has 118 valence electrons. The summed E-state index contributed by atoms with van der Waals surface area (Å²) in [4.78, 5) is 0.756. The molecule has 3 nitrogen and oxygen atoms in total. The molecule has 1 unspecified atom stereocenters. The molecule has 0 aliphatic heterocycles. The average Bonchev–Trinajstić information content (AvgIpc) is 2.37. The van der Waals surface area contributed by atoms with E-state index in [1.807, 2.05) is 58.0 Å². The summed E-state index contributed by atoms with van der Waals surface area (Å²) in [6.45, 7) is 11.2. The summed E-state index contributed by atoms with van der Waals surface area (Å²) in [5.74, 6) is 0. The molecule has 0 aliphatic carbocycles. The van der Waals surface area contributed by atoms with Crippen LogP contribution >= 0.6 is 19.4 Å². The highest BCUT2D eigenvalue weighted by molar-refractivity contribution is 8.05. The molecule has 0 N–H and O–H groups in total. The Labute approximate surface area is 132 Å². The fourth-order valence-corrected chi connectivity index (χ4v) is 5.73. The molecule has 0 heterocycles. The van der Waals surface area contributed by atoms with Crippen molar-refractivity contribution in [2.75, 3.05) is 0 Å². The molecule has 1 rings (SSSR count). The summed E-state index contributed by atoms with van der Waals surface area (Å²) in [6, 6.07) is 9.88. The highest BCUT2D eigenvalue weighted by atomic mass is 32.2. The molecule has 0 aromatic heterocycles. The maximum absolute atomic E-state index is 13.2. The number of hydrogen-bond acceptors (Lipinski definition) is 4. The molecular formula is C16H25O3PS. The zero-order valence-electron chi connectivity index (χ0n) is 13.2. The summed E-state index contributed by atoms with van der Waals surface area (Å²) in [7, 11) is -3.23. The van der Waals surface area contributed by atoms with E-state index in [0.717, 1.165) is 4.90 Å². The van der Waals surface area contributed by atoms with Gasteiger partial charge in [-0.25, -0.2) is 0 Å². The smallest absolute Gasteiger partial charge is 0.305 e. The number of hydrogen-bond donors (Lipinski definition) is 0. The van der Waals surface area contributed by atoms with Gasteiger partial charge in [-0.1, -0.05) is 24.3 Å². The molecular weight excluding hydrogens is 303 g/mol. The lowest BCUT2D eigenvalue weighted by Crippen LogP contribution is -2.16. The Morgan fingerprint density at radius 2 is 1.67 bits per heavy atom. The van der Waals surface area contributed by atoms with Gasteiger partial charge in [-0.05, 0) is 46.2 Å². The normalized spacial score (nSPS) is 13.6. The zero-order valence-corrected chi connectivity index (χ0v) is 14.9. The summed E-state index contributed by atoms with van der Waals surface area (Å²) < 4.78 is 24.6. The molecule has 0 fully saturated rings. The minimum absolute atomic E-state index is 0.154. The fraction of sp³-hybridized carbons (Fsp3) is 0.500. The highest BCUT2D eigenvalue weighted by Gasteiger charge is 2.38. The second kappa shape index (κ2) is 8.79. The molecule has 0 saturated heterocycles. The van der Waals surface area contributed by atoms with E-state index in [0.29, 0.717) is 6.42 Å². The first-order chi connectivity index (χ1) is 9.87. The van der Waals surface area contributed by atoms with Crippen molar-refractivity contribution in [2.45, 2.75) is 56.2 Å². The van der Waals surface area contributed by atoms with E-state index in [2.05, 4.69) is 6.58 Å². The van der Waals surface area contributed by atoms with Crippen LogP contribution in [-0.4, -0.2) is 17.2 Å². The maximum atomic E-state index is 13.2. The SMILES string of the molecule is C=CCC(Sc1ccccc1)P(=O)(OC(C)C)OC(C)C. The molecule has 1 atom stereocenters. The maximum Gasteiger partial charge on any atom is 0.344 e. The molecule has 0 amide bonds. The Kier molecular flexibility index (Phi) is 7.75. The van der Waals surface area contributed by atoms with Crippen LogP contribution in [-0.2, 0) is 13.6 Å². The summed E-state index contributed by atoms with van der Waals surface area (Å²) >= 11 is 1.52. The minimum Gasteiger partial charge on any atom is -0.305 e. The molecule has 0 saturated carbocycles. The molecule has 0 aliphatic rings. The van der Waals surface area contributed by atoms with E-state index in [4.69, 9.17) is 9.05 Å². The van der Waals surface area contributed by atoms with Crippen molar-refractivity contribution in [2.24, 2.45) is 0 Å². The van der Waals surface area contributed by atoms with E-state index in [1.165, 1.54) is 11.8 Å². The van der Waals surface area contributed by atoms with Crippen LogP contribution < -0.4 is 0 Å². The van der Waals surface area contributed by atoms with E-state index in [1.54, 1.807) is 6.08 Å². The minimum atomic E-state index is -3.23. The van der Waals surface area contributed by atoms with Gasteiger partial charge in [0.1, 0.15) is 4.99 Å². The molecule has 0 bridgehead atoms. The monoisotopic (exact) mass is 328 g/mol. The van der Waals surface area contributed by atoms with Gasteiger partial charge in [0.05, 0.1) is 12.2 Å². The standard InChI is InChI=1S/C16H25O3PS/c1-6-10-16(21-15-11-8-7-9-12-15)20(17,18-13(2)3)19-14(4)5/h6-9,11-14,16H,1,10H2,2-5H3. The van der Waals surface area contributed by atoms with Crippen molar-refractivity contribution in [1.29, 1.82) is 0 Å². The lowest BCUT2D eigenvalue weighted by molar-refractivity contribution is 0.141. The van der Waals surface area contributed by atoms with Crippen LogP contribution in [0.3, 0.4) is 0 Å². The molecule has 1 aromatic carbocycles. The van der Waals surface area contributed by atoms with Crippen LogP contribution in [0.4, 0.5) is 0 Å². The number of thioether (sulfide) groups is 1. The van der Waals surface area contributed by atoms with Crippen LogP contribution in [0.25, 0.3) is 0 Å². The third-order valence-corrected chi connectivity index (χ3v) is 6.90. The van der Waals surface area contributed by atoms with Gasteiger partial charge in [0.25, 0.3) is 0 Å². The predicted octanol–water partition coefficient (Wildman–Crippen LogP) is 5.72. The first kappa shape index (κ1) is 18.5. The Morgan fingerprint density at radius 1 is 1.14 bits per heavy atom. The first-order valence-corrected chi connectivity index (χ1v) is 9.65. The largest absolute Gasteiger partial charge is 0.344 e. The predicted molar refractivity (Wildman–Crippen MR) is 90.9 cm³/mol. The summed E-state index contributed by atoms with van der Waals surface area (Å²) in [5, 5.41) is 0. The van der Waals surface area contributed by atoms with Crippen molar-refractivity contribution in [3.05, 3.63) is 43.0 Å². The first-order valence-electron chi connectivity index (χ1n) is 7.16. The second-order valence-electron chi connectivity index (χ2n) is 5.26. The van der Waals surface area contributed by atoms with Gasteiger partial charge in [-0.15, -0.1) is 18.3 Å². The lowest BCUT2D eigenvalue weighted by Gasteiger charge is -2.29. The lowest BCUT2D eigenvalue weighted by atomic mass is 10.4. The third kappa shape index (κ3) is 6.39. The molecule has 0 radical (unpaired) electrons. The van der Waals surface area contributed by atoms with Crippen LogP contribution in [0.5, 0.6) is 0 Å². The molecule has 1 aromatic rings. The molecule has 0 spiro atoms. The highest BCUT2D eigenvalue weighted by Crippen LogP contribution is 2.61. The fourth-order valence-electron chi connectivity index (χ4n) is 1.79. The van der Waals surface area contributed by atoms with Gasteiger partial charge in [0.2, 0.25) is 0 Å². The number of allylic oxidation sites excluding steroid dienone is 1. The van der Waals surface area contributed by atoms with Gasteiger partial charge in [-0.3, -0.25) is 4.57 Å². The van der Waals surface area contributed by atoms with Gasteiger partial charge in [0.15, 0.2) is 0 Å². The van der Waals surface area contributed by atoms with Crippen molar-refractivity contribution >= 4 is 19.4 Å². The van der Waals surface area contributed by atoms with Gasteiger partial charge in [0, 0.05) is 4.90 Å². The quantitative estimate of drug-likeness (QED) is 0.330. The molecule has 21 heavy (non-hydrogen) atoms. The van der Waals surface area contributed by atoms with Crippen molar-refractivity contribution < 1.29 is 13.6 Å². The summed E-state index contributed by atoms with van der Waals surface area (Å²) in [6.07, 6.45) is 2.02. The average molecular weight is 328 g/mol. The zero-order chi connectivity index (χ0) is 15.9. The Hall–Kier alpha value is -0.540. The molecule has 5 heteroatoms. The number of benzene rings is 1. The van der Waals surface area contributed by atoms with Gasteiger partial charge in [-0.2, -0.15) is 0 Å². The summed E-state index contributed by atoms with van der Waals surface area (Å²) in [5.41, 5.74) is 0. The van der Waals surface area contributed by atoms with Crippen LogP contribution in [0.2, 0.25) is 0 Å². The van der Waals surface area contributed by atoms with Crippen molar-refractivity contribution in [3.63, 3.8) is 0 Å². The van der Waals surface area contributed by atoms with Crippen LogP contribution in [0.15, 0.2) is 47.9 Å². The Morgan fingerprint density at radius 3 is 2.10 bits per heavy atom. The van der Waals surface area contributed by atoms with E-state index < -0.39 is 7.60 Å². The second-order valence-corrected chi connectivity index (χ2v) is 9.01. The number of rotatable bonds is 9. The third-order valence-electron chi connectivity index (χ3n) is 2.45. The van der Waals surface area contributed by atoms with E-state index in [9.17, 15) is 4.57 Å².